The molecule has 0 aliphatic carbocycles. The Balaban J connectivity index is 1.79. The first-order valence-electron chi connectivity index (χ1n) is 8.88. The molecule has 3 amide bonds. The zero-order chi connectivity index (χ0) is 20.2. The van der Waals surface area contributed by atoms with E-state index in [1.165, 1.54) is 7.05 Å². The number of benzene rings is 1. The lowest BCUT2D eigenvalue weighted by molar-refractivity contribution is 0.0938. The number of carbonyl (C=O) groups excluding carboxylic acids is 2. The molecule has 0 unspecified atom stereocenters. The summed E-state index contributed by atoms with van der Waals surface area (Å²) in [6.07, 6.45) is 3.17. The monoisotopic (exact) mass is 390 g/mol. The summed E-state index contributed by atoms with van der Waals surface area (Å²) in [5.74, 6) is 0.241. The number of pyridine rings is 1. The zero-order valence-electron chi connectivity index (χ0n) is 15.5. The quantitative estimate of drug-likeness (QED) is 0.463. The van der Waals surface area contributed by atoms with Crippen LogP contribution in [0.5, 0.6) is 0 Å². The Morgan fingerprint density at radius 3 is 2.66 bits per heavy atom. The van der Waals surface area contributed by atoms with Gasteiger partial charge in [0.15, 0.2) is 5.65 Å². The van der Waals surface area contributed by atoms with Gasteiger partial charge in [0.25, 0.3) is 5.91 Å². The van der Waals surface area contributed by atoms with Crippen molar-refractivity contribution in [3.8, 4) is 11.3 Å². The highest BCUT2D eigenvalue weighted by Gasteiger charge is 2.18. The lowest BCUT2D eigenvalue weighted by atomic mass is 10.1. The Morgan fingerprint density at radius 2 is 1.93 bits per heavy atom. The fourth-order valence-electron chi connectivity index (χ4n) is 2.90. The summed E-state index contributed by atoms with van der Waals surface area (Å²) >= 11 is 0. The van der Waals surface area contributed by atoms with Crippen molar-refractivity contribution in [1.29, 1.82) is 0 Å². The van der Waals surface area contributed by atoms with E-state index in [0.29, 0.717) is 34.6 Å². The maximum Gasteiger partial charge on any atom is 0.333 e. The first kappa shape index (κ1) is 18.2. The van der Waals surface area contributed by atoms with Gasteiger partial charge in [0, 0.05) is 12.6 Å². The second-order valence-electron chi connectivity index (χ2n) is 6.20. The van der Waals surface area contributed by atoms with Crippen LogP contribution in [0, 0.1) is 0 Å². The maximum atomic E-state index is 12.8. The van der Waals surface area contributed by atoms with E-state index in [0.717, 1.165) is 5.56 Å². The molecule has 1 aromatic carbocycles. The Kier molecular flexibility index (Phi) is 4.93. The Bertz CT molecular complexity index is 1150. The molecule has 9 heteroatoms. The summed E-state index contributed by atoms with van der Waals surface area (Å²) < 4.78 is 7.07. The molecule has 3 heterocycles. The van der Waals surface area contributed by atoms with Crippen molar-refractivity contribution < 1.29 is 14.0 Å². The molecule has 0 atom stereocenters. The number of hydrogen-bond acceptors (Lipinski definition) is 5. The molecule has 0 fully saturated rings. The highest BCUT2D eigenvalue weighted by atomic mass is 16.3. The number of nitrogens with one attached hydrogen (secondary N) is 3. The van der Waals surface area contributed by atoms with E-state index >= 15 is 0 Å². The van der Waals surface area contributed by atoms with E-state index in [4.69, 9.17) is 9.40 Å². The van der Waals surface area contributed by atoms with E-state index in [9.17, 15) is 9.59 Å². The van der Waals surface area contributed by atoms with E-state index in [-0.39, 0.29) is 0 Å². The van der Waals surface area contributed by atoms with Crippen LogP contribution in [0.1, 0.15) is 16.1 Å². The van der Waals surface area contributed by atoms with Gasteiger partial charge in [-0.15, -0.1) is 0 Å². The lowest BCUT2D eigenvalue weighted by Crippen LogP contribution is -2.45. The minimum Gasteiger partial charge on any atom is -0.467 e. The summed E-state index contributed by atoms with van der Waals surface area (Å²) in [7, 11) is 1.46. The van der Waals surface area contributed by atoms with Gasteiger partial charge < -0.3 is 9.73 Å². The smallest absolute Gasteiger partial charge is 0.333 e. The van der Waals surface area contributed by atoms with Crippen LogP contribution >= 0.6 is 0 Å². The number of furan rings is 1. The Morgan fingerprint density at radius 1 is 1.10 bits per heavy atom. The van der Waals surface area contributed by atoms with Crippen molar-refractivity contribution in [2.45, 2.75) is 6.54 Å². The second kappa shape index (κ2) is 7.85. The van der Waals surface area contributed by atoms with Crippen molar-refractivity contribution in [3.05, 3.63) is 72.3 Å². The molecular formula is C20H18N6O3. The number of fused-ring (bicyclic) bond motifs is 1. The van der Waals surface area contributed by atoms with Gasteiger partial charge in [0.1, 0.15) is 12.3 Å². The van der Waals surface area contributed by atoms with Gasteiger partial charge in [-0.2, -0.15) is 5.10 Å². The van der Waals surface area contributed by atoms with Crippen LogP contribution in [-0.4, -0.2) is 33.8 Å². The van der Waals surface area contributed by atoms with Crippen molar-refractivity contribution in [2.24, 2.45) is 0 Å². The molecule has 0 aliphatic heterocycles. The van der Waals surface area contributed by atoms with Crippen LogP contribution in [0.4, 0.5) is 4.79 Å². The first-order chi connectivity index (χ1) is 14.2. The van der Waals surface area contributed by atoms with Crippen LogP contribution in [0.25, 0.3) is 22.3 Å². The summed E-state index contributed by atoms with van der Waals surface area (Å²) in [4.78, 5) is 28.9. The molecule has 0 radical (unpaired) electrons. The van der Waals surface area contributed by atoms with Crippen molar-refractivity contribution in [1.82, 2.24) is 30.9 Å². The van der Waals surface area contributed by atoms with Gasteiger partial charge >= 0.3 is 6.03 Å². The van der Waals surface area contributed by atoms with E-state index in [1.807, 2.05) is 36.4 Å². The van der Waals surface area contributed by atoms with Gasteiger partial charge in [0.2, 0.25) is 0 Å². The Hall–Kier alpha value is -4.14. The van der Waals surface area contributed by atoms with Gasteiger partial charge in [0.05, 0.1) is 29.1 Å². The summed E-state index contributed by atoms with van der Waals surface area (Å²) in [6.45, 7) is 0.374. The lowest BCUT2D eigenvalue weighted by Gasteiger charge is -2.10. The predicted molar refractivity (Wildman–Crippen MR) is 106 cm³/mol. The average molecular weight is 390 g/mol. The van der Waals surface area contributed by atoms with Gasteiger partial charge in [-0.1, -0.05) is 30.3 Å². The Labute approximate surface area is 165 Å². The molecule has 0 aliphatic rings. The van der Waals surface area contributed by atoms with Crippen LogP contribution in [0.2, 0.25) is 0 Å². The third-order valence-corrected chi connectivity index (χ3v) is 4.33. The third kappa shape index (κ3) is 3.79. The minimum absolute atomic E-state index is 0.343. The molecular weight excluding hydrogens is 372 g/mol. The molecule has 29 heavy (non-hydrogen) atoms. The summed E-state index contributed by atoms with van der Waals surface area (Å²) in [5.41, 5.74) is 7.03. The number of amides is 3. The van der Waals surface area contributed by atoms with E-state index < -0.39 is 11.9 Å². The number of carbonyl (C=O) groups is 2. The number of hydrogen-bond donors (Lipinski definition) is 3. The van der Waals surface area contributed by atoms with Gasteiger partial charge in [-0.05, 0) is 18.2 Å². The minimum atomic E-state index is -0.527. The highest BCUT2D eigenvalue weighted by Crippen LogP contribution is 2.25. The molecule has 4 rings (SSSR count). The summed E-state index contributed by atoms with van der Waals surface area (Å²) in [6, 6.07) is 14.3. The van der Waals surface area contributed by atoms with Crippen molar-refractivity contribution >= 4 is 23.0 Å². The molecule has 0 saturated carbocycles. The molecule has 0 bridgehead atoms. The topological polar surface area (TPSA) is 114 Å². The van der Waals surface area contributed by atoms with Crippen LogP contribution in [-0.2, 0) is 6.54 Å². The van der Waals surface area contributed by atoms with Crippen molar-refractivity contribution in [3.63, 3.8) is 0 Å². The zero-order valence-corrected chi connectivity index (χ0v) is 15.5. The molecule has 3 aromatic heterocycles. The number of aromatic nitrogens is 3. The van der Waals surface area contributed by atoms with Gasteiger partial charge in [-0.25, -0.2) is 19.9 Å². The summed E-state index contributed by atoms with van der Waals surface area (Å²) in [5, 5.41) is 7.31. The molecule has 4 aromatic rings. The fraction of sp³-hybridized carbons (Fsp3) is 0.100. The SMILES string of the molecule is CNC(=O)NNC(=O)c1cc(-c2ccccc2)nc2c1cnn2Cc1ccco1. The molecule has 3 N–H and O–H groups in total. The predicted octanol–water partition coefficient (Wildman–Crippen LogP) is 2.31. The standard InChI is InChI=1S/C20H18N6O3/c1-21-20(28)25-24-19(27)15-10-17(13-6-3-2-4-7-13)23-18-16(15)11-22-26(18)12-14-8-5-9-29-14/h2-11H,12H2,1H3,(H,24,27)(H2,21,25,28). The first-order valence-corrected chi connectivity index (χ1v) is 8.88. The van der Waals surface area contributed by atoms with E-state index in [1.54, 1.807) is 29.3 Å². The largest absolute Gasteiger partial charge is 0.467 e. The van der Waals surface area contributed by atoms with Crippen molar-refractivity contribution in [2.75, 3.05) is 7.05 Å². The number of urea groups is 1. The normalized spacial score (nSPS) is 10.7. The van der Waals surface area contributed by atoms with Gasteiger partial charge in [-0.3, -0.25) is 10.2 Å². The molecule has 0 saturated heterocycles. The second-order valence-corrected chi connectivity index (χ2v) is 6.20. The van der Waals surface area contributed by atoms with E-state index in [2.05, 4.69) is 21.3 Å². The third-order valence-electron chi connectivity index (χ3n) is 4.33. The number of rotatable bonds is 4. The highest BCUT2D eigenvalue weighted by molar-refractivity contribution is 6.06. The van der Waals surface area contributed by atoms with Crippen LogP contribution in [0.3, 0.4) is 0 Å². The van der Waals surface area contributed by atoms with Crippen LogP contribution in [0.15, 0.2) is 65.4 Å². The fourth-order valence-corrected chi connectivity index (χ4v) is 2.90. The average Bonchev–Trinajstić information content (AvgIpc) is 3.42. The number of hydrazine groups is 1. The van der Waals surface area contributed by atoms with Crippen LogP contribution < -0.4 is 16.2 Å². The number of nitrogens with zero attached hydrogens (tertiary/aromatic N) is 3. The molecule has 0 spiro atoms. The maximum absolute atomic E-state index is 12.8. The molecule has 9 nitrogen and oxygen atoms in total. The molecule has 146 valence electrons.